The molecule has 0 atom stereocenters. The summed E-state index contributed by atoms with van der Waals surface area (Å²) in [6.07, 6.45) is 4.34. The zero-order valence-corrected chi connectivity index (χ0v) is 6.93. The molecule has 1 heterocycles. The fourth-order valence-corrected chi connectivity index (χ4v) is 0.826. The Kier molecular flexibility index (Phi) is 3.25. The zero-order valence-electron chi connectivity index (χ0n) is 6.93. The largest absolute Gasteiger partial charge is 0.469 e. The SMILES string of the molecule is COC(=O)CCCn1nccn1. The third-order valence-corrected chi connectivity index (χ3v) is 1.43. The minimum absolute atomic E-state index is 0.192. The van der Waals surface area contributed by atoms with Crippen LogP contribution in [0.4, 0.5) is 0 Å². The summed E-state index contributed by atoms with van der Waals surface area (Å²) in [5, 5.41) is 7.78. The van der Waals surface area contributed by atoms with Crippen LogP contribution in [0.5, 0.6) is 0 Å². The second kappa shape index (κ2) is 4.48. The zero-order chi connectivity index (χ0) is 8.81. The molecule has 0 aliphatic carbocycles. The number of hydrogen-bond donors (Lipinski definition) is 0. The Morgan fingerprint density at radius 2 is 2.17 bits per heavy atom. The van der Waals surface area contributed by atoms with Crippen molar-refractivity contribution in [2.45, 2.75) is 19.4 Å². The molecule has 0 saturated carbocycles. The third kappa shape index (κ3) is 2.69. The lowest BCUT2D eigenvalue weighted by molar-refractivity contribution is -0.140. The predicted molar refractivity (Wildman–Crippen MR) is 41.3 cm³/mol. The number of nitrogens with zero attached hydrogens (tertiary/aromatic N) is 3. The van der Waals surface area contributed by atoms with Gasteiger partial charge in [0.1, 0.15) is 0 Å². The fourth-order valence-electron chi connectivity index (χ4n) is 0.826. The van der Waals surface area contributed by atoms with Gasteiger partial charge in [0.15, 0.2) is 0 Å². The smallest absolute Gasteiger partial charge is 0.305 e. The van der Waals surface area contributed by atoms with Gasteiger partial charge in [0.25, 0.3) is 0 Å². The Morgan fingerprint density at radius 1 is 1.50 bits per heavy atom. The van der Waals surface area contributed by atoms with E-state index in [0.29, 0.717) is 19.4 Å². The number of esters is 1. The number of aryl methyl sites for hydroxylation is 1. The standard InChI is InChI=1S/C7H11N3O2/c1-12-7(11)3-2-6-10-8-4-5-9-10/h4-5H,2-3,6H2,1H3. The minimum atomic E-state index is -0.192. The Hall–Kier alpha value is -1.39. The van der Waals surface area contributed by atoms with Crippen LogP contribution in [0.25, 0.3) is 0 Å². The van der Waals surface area contributed by atoms with Crippen molar-refractivity contribution >= 4 is 5.97 Å². The van der Waals surface area contributed by atoms with Gasteiger partial charge in [0.05, 0.1) is 26.0 Å². The van der Waals surface area contributed by atoms with Crippen molar-refractivity contribution in [3.63, 3.8) is 0 Å². The van der Waals surface area contributed by atoms with Gasteiger partial charge in [-0.3, -0.25) is 4.79 Å². The van der Waals surface area contributed by atoms with Gasteiger partial charge < -0.3 is 4.74 Å². The molecule has 1 rings (SSSR count). The first kappa shape index (κ1) is 8.70. The molecule has 1 aromatic rings. The first-order chi connectivity index (χ1) is 5.83. The van der Waals surface area contributed by atoms with E-state index in [1.54, 1.807) is 17.2 Å². The van der Waals surface area contributed by atoms with Crippen LogP contribution < -0.4 is 0 Å². The van der Waals surface area contributed by atoms with Crippen LogP contribution in [-0.4, -0.2) is 28.1 Å². The molecule has 5 heteroatoms. The van der Waals surface area contributed by atoms with Gasteiger partial charge in [-0.25, -0.2) is 0 Å². The lowest BCUT2D eigenvalue weighted by Gasteiger charge is -1.98. The summed E-state index contributed by atoms with van der Waals surface area (Å²) < 4.78 is 4.48. The molecule has 66 valence electrons. The van der Waals surface area contributed by atoms with Crippen LogP contribution in [0.1, 0.15) is 12.8 Å². The van der Waals surface area contributed by atoms with E-state index in [2.05, 4.69) is 14.9 Å². The van der Waals surface area contributed by atoms with Crippen LogP contribution in [0, 0.1) is 0 Å². The van der Waals surface area contributed by atoms with E-state index < -0.39 is 0 Å². The van der Waals surface area contributed by atoms with Crippen LogP contribution >= 0.6 is 0 Å². The van der Waals surface area contributed by atoms with E-state index in [1.807, 2.05) is 0 Å². The summed E-state index contributed by atoms with van der Waals surface area (Å²) in [7, 11) is 1.38. The third-order valence-electron chi connectivity index (χ3n) is 1.43. The highest BCUT2D eigenvalue weighted by Gasteiger charge is 1.99. The van der Waals surface area contributed by atoms with Crippen molar-refractivity contribution in [2.75, 3.05) is 7.11 Å². The van der Waals surface area contributed by atoms with E-state index >= 15 is 0 Å². The molecule has 0 aromatic carbocycles. The maximum atomic E-state index is 10.7. The molecule has 0 amide bonds. The second-order valence-electron chi connectivity index (χ2n) is 2.30. The monoisotopic (exact) mass is 169 g/mol. The summed E-state index contributed by atoms with van der Waals surface area (Å²) in [6, 6.07) is 0. The number of carbonyl (C=O) groups excluding carboxylic acids is 1. The van der Waals surface area contributed by atoms with Crippen LogP contribution in [0.3, 0.4) is 0 Å². The highest BCUT2D eigenvalue weighted by Crippen LogP contribution is 1.93. The number of methoxy groups -OCH3 is 1. The maximum absolute atomic E-state index is 10.7. The van der Waals surface area contributed by atoms with E-state index in [0.717, 1.165) is 0 Å². The van der Waals surface area contributed by atoms with Crippen molar-refractivity contribution in [1.29, 1.82) is 0 Å². The topological polar surface area (TPSA) is 57.0 Å². The molecular formula is C7H11N3O2. The Labute approximate surface area is 70.3 Å². The van der Waals surface area contributed by atoms with E-state index in [1.165, 1.54) is 7.11 Å². The van der Waals surface area contributed by atoms with Gasteiger partial charge in [-0.15, -0.1) is 0 Å². The number of ether oxygens (including phenoxy) is 1. The maximum Gasteiger partial charge on any atom is 0.305 e. The minimum Gasteiger partial charge on any atom is -0.469 e. The van der Waals surface area contributed by atoms with E-state index in [-0.39, 0.29) is 5.97 Å². The highest BCUT2D eigenvalue weighted by atomic mass is 16.5. The molecule has 0 aliphatic heterocycles. The average molecular weight is 169 g/mol. The molecule has 0 unspecified atom stereocenters. The van der Waals surface area contributed by atoms with Gasteiger partial charge in [0.2, 0.25) is 0 Å². The number of carbonyl (C=O) groups is 1. The highest BCUT2D eigenvalue weighted by molar-refractivity contribution is 5.68. The van der Waals surface area contributed by atoms with Crippen molar-refractivity contribution in [3.8, 4) is 0 Å². The summed E-state index contributed by atoms with van der Waals surface area (Å²) in [4.78, 5) is 12.2. The van der Waals surface area contributed by atoms with Crippen molar-refractivity contribution in [2.24, 2.45) is 0 Å². The predicted octanol–water partition coefficient (Wildman–Crippen LogP) is 0.231. The number of aromatic nitrogens is 3. The second-order valence-corrected chi connectivity index (χ2v) is 2.30. The molecule has 5 nitrogen and oxygen atoms in total. The van der Waals surface area contributed by atoms with Crippen molar-refractivity contribution in [1.82, 2.24) is 15.0 Å². The Balaban J connectivity index is 2.15. The van der Waals surface area contributed by atoms with Crippen LogP contribution in [-0.2, 0) is 16.1 Å². The normalized spacial score (nSPS) is 9.75. The molecule has 0 fully saturated rings. The summed E-state index contributed by atoms with van der Waals surface area (Å²) >= 11 is 0. The molecule has 0 saturated heterocycles. The molecule has 0 bridgehead atoms. The quantitative estimate of drug-likeness (QED) is 0.605. The molecule has 12 heavy (non-hydrogen) atoms. The van der Waals surface area contributed by atoms with Crippen molar-refractivity contribution < 1.29 is 9.53 Å². The summed E-state index contributed by atoms with van der Waals surface area (Å²) in [5.41, 5.74) is 0. The van der Waals surface area contributed by atoms with Crippen LogP contribution in [0.15, 0.2) is 12.4 Å². The molecule has 0 spiro atoms. The molecular weight excluding hydrogens is 158 g/mol. The van der Waals surface area contributed by atoms with E-state index in [9.17, 15) is 4.79 Å². The molecule has 0 radical (unpaired) electrons. The number of rotatable bonds is 4. The van der Waals surface area contributed by atoms with Gasteiger partial charge in [-0.1, -0.05) is 0 Å². The first-order valence-electron chi connectivity index (χ1n) is 3.74. The first-order valence-corrected chi connectivity index (χ1v) is 3.74. The van der Waals surface area contributed by atoms with Crippen LogP contribution in [0.2, 0.25) is 0 Å². The summed E-state index contributed by atoms with van der Waals surface area (Å²) in [5.74, 6) is -0.192. The molecule has 0 aliphatic rings. The fraction of sp³-hybridized carbons (Fsp3) is 0.571. The average Bonchev–Trinajstić information content (AvgIpc) is 2.57. The van der Waals surface area contributed by atoms with E-state index in [4.69, 9.17) is 0 Å². The lowest BCUT2D eigenvalue weighted by atomic mass is 10.3. The van der Waals surface area contributed by atoms with Gasteiger partial charge in [-0.05, 0) is 6.42 Å². The summed E-state index contributed by atoms with van der Waals surface area (Å²) in [6.45, 7) is 0.655. The lowest BCUT2D eigenvalue weighted by Crippen LogP contribution is -2.06. The number of hydrogen-bond acceptors (Lipinski definition) is 4. The van der Waals surface area contributed by atoms with Crippen molar-refractivity contribution in [3.05, 3.63) is 12.4 Å². The molecule has 0 N–H and O–H groups in total. The van der Waals surface area contributed by atoms with Gasteiger partial charge in [0, 0.05) is 6.42 Å². The Bertz CT molecular complexity index is 233. The Morgan fingerprint density at radius 3 is 2.75 bits per heavy atom. The van der Waals surface area contributed by atoms with Gasteiger partial charge >= 0.3 is 5.97 Å². The molecule has 1 aromatic heterocycles. The van der Waals surface area contributed by atoms with Gasteiger partial charge in [-0.2, -0.15) is 15.0 Å².